The van der Waals surface area contributed by atoms with Crippen LogP contribution >= 0.6 is 23.4 Å². The van der Waals surface area contributed by atoms with Crippen LogP contribution in [-0.2, 0) is 5.75 Å². The standard InChI is InChI=1S/C17H17ClN2OS/c18-14-4-2-1-3-12(14)10-22-17-16-13(9-15(21)19-17)11-5-7-20(16)8-6-11/h1-4,9,11H,5-8,10H2,(H,19,21). The first kappa shape index (κ1) is 14.2. The van der Waals surface area contributed by atoms with Gasteiger partial charge in [0, 0.05) is 29.9 Å². The van der Waals surface area contributed by atoms with E-state index in [1.54, 1.807) is 17.8 Å². The van der Waals surface area contributed by atoms with Crippen molar-refractivity contribution in [2.45, 2.75) is 29.5 Å². The summed E-state index contributed by atoms with van der Waals surface area (Å²) in [5.74, 6) is 1.33. The lowest BCUT2D eigenvalue weighted by molar-refractivity contribution is 0.468. The molecule has 5 rings (SSSR count). The Kier molecular flexibility index (Phi) is 3.66. The molecular weight excluding hydrogens is 316 g/mol. The van der Waals surface area contributed by atoms with Crippen molar-refractivity contribution in [1.29, 1.82) is 0 Å². The zero-order valence-corrected chi connectivity index (χ0v) is 13.7. The largest absolute Gasteiger partial charge is 0.369 e. The van der Waals surface area contributed by atoms with Crippen molar-refractivity contribution in [3.8, 4) is 0 Å². The van der Waals surface area contributed by atoms with E-state index >= 15 is 0 Å². The van der Waals surface area contributed by atoms with Crippen molar-refractivity contribution in [2.24, 2.45) is 0 Å². The second kappa shape index (κ2) is 5.67. The molecule has 3 nitrogen and oxygen atoms in total. The Morgan fingerprint density at radius 1 is 1.27 bits per heavy atom. The highest BCUT2D eigenvalue weighted by molar-refractivity contribution is 7.98. The van der Waals surface area contributed by atoms with Gasteiger partial charge in [-0.25, -0.2) is 0 Å². The van der Waals surface area contributed by atoms with Gasteiger partial charge in [-0.2, -0.15) is 0 Å². The number of piperidine rings is 1. The minimum atomic E-state index is 0.00848. The number of nitrogens with zero attached hydrogens (tertiary/aromatic N) is 1. The number of H-pyrrole nitrogens is 1. The van der Waals surface area contributed by atoms with Gasteiger partial charge in [-0.3, -0.25) is 4.79 Å². The summed E-state index contributed by atoms with van der Waals surface area (Å²) in [6.45, 7) is 2.20. The van der Waals surface area contributed by atoms with E-state index in [0.29, 0.717) is 5.92 Å². The van der Waals surface area contributed by atoms with Crippen LogP contribution in [0.5, 0.6) is 0 Å². The Bertz CT molecular complexity index is 765. The number of aromatic amines is 1. The summed E-state index contributed by atoms with van der Waals surface area (Å²) < 4.78 is 0. The first-order chi connectivity index (χ1) is 10.7. The Hall–Kier alpha value is -1.39. The second-order valence-electron chi connectivity index (χ2n) is 5.91. The van der Waals surface area contributed by atoms with E-state index in [2.05, 4.69) is 9.88 Å². The van der Waals surface area contributed by atoms with E-state index < -0.39 is 0 Å². The monoisotopic (exact) mass is 332 g/mol. The number of hydrogen-bond acceptors (Lipinski definition) is 3. The van der Waals surface area contributed by atoms with Crippen LogP contribution in [0.1, 0.15) is 29.9 Å². The Balaban J connectivity index is 1.68. The van der Waals surface area contributed by atoms with E-state index in [1.807, 2.05) is 24.3 Å². The molecule has 2 aromatic rings. The number of rotatable bonds is 3. The third-order valence-corrected chi connectivity index (χ3v) is 6.00. The van der Waals surface area contributed by atoms with E-state index in [1.165, 1.54) is 24.1 Å². The highest BCUT2D eigenvalue weighted by Crippen LogP contribution is 2.45. The van der Waals surface area contributed by atoms with Gasteiger partial charge in [0.15, 0.2) is 0 Å². The molecule has 5 heteroatoms. The van der Waals surface area contributed by atoms with Crippen molar-refractivity contribution in [1.82, 2.24) is 4.98 Å². The van der Waals surface area contributed by atoms with Crippen LogP contribution < -0.4 is 10.5 Å². The first-order valence-electron chi connectivity index (χ1n) is 7.61. The van der Waals surface area contributed by atoms with Crippen molar-refractivity contribution in [2.75, 3.05) is 18.0 Å². The Labute approximate surface area is 138 Å². The molecule has 3 aliphatic heterocycles. The van der Waals surface area contributed by atoms with Crippen LogP contribution in [0.25, 0.3) is 0 Å². The fourth-order valence-electron chi connectivity index (χ4n) is 3.47. The number of benzene rings is 1. The molecule has 2 bridgehead atoms. The number of aromatic nitrogens is 1. The molecule has 0 amide bonds. The molecule has 0 spiro atoms. The lowest BCUT2D eigenvalue weighted by Crippen LogP contribution is -2.40. The highest BCUT2D eigenvalue weighted by Gasteiger charge is 2.33. The lowest BCUT2D eigenvalue weighted by Gasteiger charge is -2.42. The molecular formula is C17H17ClN2OS. The third kappa shape index (κ3) is 2.44. The van der Waals surface area contributed by atoms with Crippen LogP contribution in [0.3, 0.4) is 0 Å². The zero-order valence-electron chi connectivity index (χ0n) is 12.1. The summed E-state index contributed by atoms with van der Waals surface area (Å²) in [7, 11) is 0. The predicted octanol–water partition coefficient (Wildman–Crippen LogP) is 4.02. The van der Waals surface area contributed by atoms with Crippen molar-refractivity contribution >= 4 is 29.1 Å². The van der Waals surface area contributed by atoms with Crippen LogP contribution in [0, 0.1) is 0 Å². The number of pyridine rings is 1. The molecule has 3 aliphatic rings. The number of halogens is 1. The smallest absolute Gasteiger partial charge is 0.249 e. The number of hydrogen-bond donors (Lipinski definition) is 1. The first-order valence-corrected chi connectivity index (χ1v) is 8.97. The fourth-order valence-corrected chi connectivity index (χ4v) is 4.86. The lowest BCUT2D eigenvalue weighted by atomic mass is 9.84. The normalized spacial score (nSPS) is 16.9. The summed E-state index contributed by atoms with van der Waals surface area (Å²) in [5, 5.41) is 1.77. The molecule has 1 saturated heterocycles. The molecule has 114 valence electrons. The molecule has 1 fully saturated rings. The van der Waals surface area contributed by atoms with E-state index in [4.69, 9.17) is 11.6 Å². The van der Waals surface area contributed by atoms with Crippen molar-refractivity contribution < 1.29 is 0 Å². The molecule has 0 aliphatic carbocycles. The molecule has 0 unspecified atom stereocenters. The number of nitrogens with one attached hydrogen (secondary N) is 1. The maximum Gasteiger partial charge on any atom is 0.249 e. The van der Waals surface area contributed by atoms with Gasteiger partial charge in [-0.1, -0.05) is 29.8 Å². The molecule has 0 saturated carbocycles. The zero-order chi connectivity index (χ0) is 15.1. The third-order valence-electron chi connectivity index (χ3n) is 4.59. The maximum atomic E-state index is 12.0. The molecule has 0 radical (unpaired) electrons. The minimum absolute atomic E-state index is 0.00848. The summed E-state index contributed by atoms with van der Waals surface area (Å²) in [4.78, 5) is 17.5. The number of anilines is 1. The van der Waals surface area contributed by atoms with Crippen LogP contribution in [0.15, 0.2) is 40.2 Å². The van der Waals surface area contributed by atoms with Gasteiger partial charge in [-0.05, 0) is 36.0 Å². The topological polar surface area (TPSA) is 36.1 Å². The molecule has 4 heterocycles. The van der Waals surface area contributed by atoms with Gasteiger partial charge >= 0.3 is 0 Å². The minimum Gasteiger partial charge on any atom is -0.369 e. The molecule has 22 heavy (non-hydrogen) atoms. The highest BCUT2D eigenvalue weighted by atomic mass is 35.5. The summed E-state index contributed by atoms with van der Waals surface area (Å²) in [5.41, 5.74) is 3.60. The number of fused-ring (bicyclic) bond motifs is 2. The fraction of sp³-hybridized carbons (Fsp3) is 0.353. The number of thioether (sulfide) groups is 1. The quantitative estimate of drug-likeness (QED) is 0.862. The Morgan fingerprint density at radius 2 is 2.05 bits per heavy atom. The second-order valence-corrected chi connectivity index (χ2v) is 7.30. The van der Waals surface area contributed by atoms with E-state index in [0.717, 1.165) is 34.5 Å². The summed E-state index contributed by atoms with van der Waals surface area (Å²) >= 11 is 7.91. The van der Waals surface area contributed by atoms with Crippen LogP contribution in [0.2, 0.25) is 5.02 Å². The molecule has 1 N–H and O–H groups in total. The average molecular weight is 333 g/mol. The van der Waals surface area contributed by atoms with Gasteiger partial charge < -0.3 is 9.88 Å². The van der Waals surface area contributed by atoms with Gasteiger partial charge in [-0.15, -0.1) is 11.8 Å². The van der Waals surface area contributed by atoms with E-state index in [-0.39, 0.29) is 5.56 Å². The Morgan fingerprint density at radius 3 is 2.82 bits per heavy atom. The van der Waals surface area contributed by atoms with Crippen molar-refractivity contribution in [3.05, 3.63) is 56.8 Å². The average Bonchev–Trinajstić information content (AvgIpc) is 2.54. The van der Waals surface area contributed by atoms with Gasteiger partial charge in [0.25, 0.3) is 0 Å². The SMILES string of the molecule is O=c1cc2c(c(SCc3ccccc3Cl)[nH]1)N1CCC2CC1. The van der Waals surface area contributed by atoms with Gasteiger partial charge in [0.2, 0.25) is 5.56 Å². The maximum absolute atomic E-state index is 12.0. The molecule has 1 aromatic heterocycles. The molecule has 0 atom stereocenters. The van der Waals surface area contributed by atoms with Gasteiger partial charge in [0.1, 0.15) is 0 Å². The summed E-state index contributed by atoms with van der Waals surface area (Å²) in [6, 6.07) is 9.68. The van der Waals surface area contributed by atoms with Crippen LogP contribution in [-0.4, -0.2) is 18.1 Å². The summed E-state index contributed by atoms with van der Waals surface area (Å²) in [6.07, 6.45) is 2.34. The van der Waals surface area contributed by atoms with Gasteiger partial charge in [0.05, 0.1) is 10.7 Å². The predicted molar refractivity (Wildman–Crippen MR) is 92.3 cm³/mol. The van der Waals surface area contributed by atoms with E-state index in [9.17, 15) is 4.79 Å². The van der Waals surface area contributed by atoms with Crippen molar-refractivity contribution in [3.63, 3.8) is 0 Å². The van der Waals surface area contributed by atoms with Crippen LogP contribution in [0.4, 0.5) is 5.69 Å². The molecule has 1 aromatic carbocycles.